The van der Waals surface area contributed by atoms with Gasteiger partial charge in [-0.25, -0.2) is 0 Å². The normalized spacial score (nSPS) is 18.2. The standard InChI is InChI=1S/C16H24N2O/c1-12(2)17-10-9-16(19)18-15-8-7-13-5-3-4-6-14(13)11-15/h3-6,12,15,17H,7-11H2,1-2H3,(H,18,19). The Morgan fingerprint density at radius 1 is 1.32 bits per heavy atom. The predicted octanol–water partition coefficient (Wildman–Crippen LogP) is 2.05. The summed E-state index contributed by atoms with van der Waals surface area (Å²) in [6.45, 7) is 4.94. The third kappa shape index (κ3) is 4.35. The van der Waals surface area contributed by atoms with Gasteiger partial charge in [-0.15, -0.1) is 0 Å². The molecule has 1 atom stereocenters. The van der Waals surface area contributed by atoms with E-state index < -0.39 is 0 Å². The molecule has 1 aromatic rings. The van der Waals surface area contributed by atoms with Gasteiger partial charge >= 0.3 is 0 Å². The van der Waals surface area contributed by atoms with E-state index in [9.17, 15) is 4.79 Å². The second kappa shape index (κ2) is 6.71. The van der Waals surface area contributed by atoms with E-state index in [2.05, 4.69) is 48.7 Å². The van der Waals surface area contributed by atoms with E-state index in [1.54, 1.807) is 0 Å². The van der Waals surface area contributed by atoms with Crippen LogP contribution in [-0.4, -0.2) is 24.5 Å². The Balaban J connectivity index is 1.77. The lowest BCUT2D eigenvalue weighted by Crippen LogP contribution is -2.40. The van der Waals surface area contributed by atoms with Crippen LogP contribution in [0.25, 0.3) is 0 Å². The largest absolute Gasteiger partial charge is 0.353 e. The van der Waals surface area contributed by atoms with Crippen molar-refractivity contribution in [3.63, 3.8) is 0 Å². The topological polar surface area (TPSA) is 41.1 Å². The first-order valence-corrected chi connectivity index (χ1v) is 7.24. The number of hydrogen-bond donors (Lipinski definition) is 2. The van der Waals surface area contributed by atoms with Gasteiger partial charge in [0.05, 0.1) is 0 Å². The van der Waals surface area contributed by atoms with Crippen LogP contribution in [0.4, 0.5) is 0 Å². The van der Waals surface area contributed by atoms with E-state index in [-0.39, 0.29) is 5.91 Å². The zero-order valence-corrected chi connectivity index (χ0v) is 11.9. The average Bonchev–Trinajstić information content (AvgIpc) is 2.38. The van der Waals surface area contributed by atoms with Crippen molar-refractivity contribution in [2.75, 3.05) is 6.54 Å². The van der Waals surface area contributed by atoms with Crippen LogP contribution in [0.1, 0.15) is 37.8 Å². The quantitative estimate of drug-likeness (QED) is 0.850. The van der Waals surface area contributed by atoms with Crippen molar-refractivity contribution < 1.29 is 4.79 Å². The molecule has 2 N–H and O–H groups in total. The Kier molecular flexibility index (Phi) is 4.97. The minimum Gasteiger partial charge on any atom is -0.353 e. The molecule has 0 fully saturated rings. The summed E-state index contributed by atoms with van der Waals surface area (Å²) in [6.07, 6.45) is 3.67. The molecule has 0 radical (unpaired) electrons. The van der Waals surface area contributed by atoms with Crippen LogP contribution in [0.15, 0.2) is 24.3 Å². The Hall–Kier alpha value is -1.35. The van der Waals surface area contributed by atoms with Crippen molar-refractivity contribution in [2.24, 2.45) is 0 Å². The molecule has 19 heavy (non-hydrogen) atoms. The first-order valence-electron chi connectivity index (χ1n) is 7.24. The van der Waals surface area contributed by atoms with Crippen LogP contribution in [-0.2, 0) is 17.6 Å². The number of nitrogens with one attached hydrogen (secondary N) is 2. The van der Waals surface area contributed by atoms with Gasteiger partial charge in [0.15, 0.2) is 0 Å². The predicted molar refractivity (Wildman–Crippen MR) is 78.2 cm³/mol. The molecular weight excluding hydrogens is 236 g/mol. The summed E-state index contributed by atoms with van der Waals surface area (Å²) in [4.78, 5) is 11.9. The molecule has 1 unspecified atom stereocenters. The summed E-state index contributed by atoms with van der Waals surface area (Å²) in [6, 6.07) is 9.29. The fourth-order valence-electron chi connectivity index (χ4n) is 2.60. The minimum atomic E-state index is 0.164. The SMILES string of the molecule is CC(C)NCCC(=O)NC1CCc2ccccc2C1. The summed E-state index contributed by atoms with van der Waals surface area (Å²) in [5.41, 5.74) is 2.83. The van der Waals surface area contributed by atoms with E-state index in [1.807, 2.05) is 0 Å². The van der Waals surface area contributed by atoms with Gasteiger partial charge in [-0.2, -0.15) is 0 Å². The number of carbonyl (C=O) groups is 1. The maximum absolute atomic E-state index is 11.9. The van der Waals surface area contributed by atoms with Gasteiger partial charge in [0.2, 0.25) is 5.91 Å². The summed E-state index contributed by atoms with van der Waals surface area (Å²) in [5.74, 6) is 0.164. The van der Waals surface area contributed by atoms with Crippen molar-refractivity contribution in [3.05, 3.63) is 35.4 Å². The zero-order chi connectivity index (χ0) is 13.7. The molecule has 0 aromatic heterocycles. The Bertz CT molecular complexity index is 429. The second-order valence-corrected chi connectivity index (χ2v) is 5.63. The molecule has 104 valence electrons. The van der Waals surface area contributed by atoms with Crippen molar-refractivity contribution in [3.8, 4) is 0 Å². The van der Waals surface area contributed by atoms with E-state index in [0.717, 1.165) is 25.8 Å². The first kappa shape index (κ1) is 14.1. The molecule has 0 saturated carbocycles. The third-order valence-corrected chi connectivity index (χ3v) is 3.62. The number of hydrogen-bond acceptors (Lipinski definition) is 2. The number of benzene rings is 1. The molecule has 0 heterocycles. The molecule has 0 aliphatic heterocycles. The highest BCUT2D eigenvalue weighted by Gasteiger charge is 2.19. The number of amides is 1. The summed E-state index contributed by atoms with van der Waals surface area (Å²) in [5, 5.41) is 6.42. The molecule has 1 amide bonds. The van der Waals surface area contributed by atoms with Crippen LogP contribution >= 0.6 is 0 Å². The highest BCUT2D eigenvalue weighted by atomic mass is 16.1. The van der Waals surface area contributed by atoms with Crippen molar-refractivity contribution >= 4 is 5.91 Å². The lowest BCUT2D eigenvalue weighted by molar-refractivity contribution is -0.121. The van der Waals surface area contributed by atoms with Crippen molar-refractivity contribution in [2.45, 2.75) is 51.6 Å². The average molecular weight is 260 g/mol. The number of aryl methyl sites for hydroxylation is 1. The van der Waals surface area contributed by atoms with Gasteiger partial charge in [-0.3, -0.25) is 4.79 Å². The Morgan fingerprint density at radius 2 is 2.05 bits per heavy atom. The monoisotopic (exact) mass is 260 g/mol. The molecule has 0 saturated heterocycles. The van der Waals surface area contributed by atoms with E-state index in [0.29, 0.717) is 18.5 Å². The smallest absolute Gasteiger partial charge is 0.221 e. The summed E-state index contributed by atoms with van der Waals surface area (Å²) in [7, 11) is 0. The highest BCUT2D eigenvalue weighted by Crippen LogP contribution is 2.20. The molecule has 1 aromatic carbocycles. The lowest BCUT2D eigenvalue weighted by Gasteiger charge is -2.25. The molecule has 1 aliphatic carbocycles. The maximum Gasteiger partial charge on any atom is 0.221 e. The van der Waals surface area contributed by atoms with Crippen LogP contribution in [0.2, 0.25) is 0 Å². The number of rotatable bonds is 5. The summed E-state index contributed by atoms with van der Waals surface area (Å²) >= 11 is 0. The molecule has 3 heteroatoms. The fraction of sp³-hybridized carbons (Fsp3) is 0.562. The van der Waals surface area contributed by atoms with Gasteiger partial charge in [-0.05, 0) is 30.4 Å². The van der Waals surface area contributed by atoms with Gasteiger partial charge in [-0.1, -0.05) is 38.1 Å². The zero-order valence-electron chi connectivity index (χ0n) is 11.9. The Labute approximate surface area is 115 Å². The summed E-state index contributed by atoms with van der Waals surface area (Å²) < 4.78 is 0. The van der Waals surface area contributed by atoms with Crippen molar-refractivity contribution in [1.29, 1.82) is 0 Å². The van der Waals surface area contributed by atoms with Gasteiger partial charge in [0.1, 0.15) is 0 Å². The fourth-order valence-corrected chi connectivity index (χ4v) is 2.60. The lowest BCUT2D eigenvalue weighted by atomic mass is 9.88. The van der Waals surface area contributed by atoms with Gasteiger partial charge in [0, 0.05) is 25.0 Å². The van der Waals surface area contributed by atoms with E-state index >= 15 is 0 Å². The minimum absolute atomic E-state index is 0.164. The molecule has 3 nitrogen and oxygen atoms in total. The van der Waals surface area contributed by atoms with E-state index in [4.69, 9.17) is 0 Å². The highest BCUT2D eigenvalue weighted by molar-refractivity contribution is 5.76. The Morgan fingerprint density at radius 3 is 2.79 bits per heavy atom. The maximum atomic E-state index is 11.9. The third-order valence-electron chi connectivity index (χ3n) is 3.62. The van der Waals surface area contributed by atoms with E-state index in [1.165, 1.54) is 11.1 Å². The first-order chi connectivity index (χ1) is 9.15. The van der Waals surface area contributed by atoms with Crippen LogP contribution in [0.5, 0.6) is 0 Å². The molecule has 0 bridgehead atoms. The molecule has 0 spiro atoms. The van der Waals surface area contributed by atoms with Crippen LogP contribution in [0, 0.1) is 0 Å². The molecular formula is C16H24N2O. The van der Waals surface area contributed by atoms with Gasteiger partial charge in [0.25, 0.3) is 0 Å². The molecule has 2 rings (SSSR count). The van der Waals surface area contributed by atoms with Gasteiger partial charge < -0.3 is 10.6 Å². The number of carbonyl (C=O) groups excluding carboxylic acids is 1. The van der Waals surface area contributed by atoms with Crippen LogP contribution in [0.3, 0.4) is 0 Å². The van der Waals surface area contributed by atoms with Crippen molar-refractivity contribution in [1.82, 2.24) is 10.6 Å². The molecule has 1 aliphatic rings. The van der Waals surface area contributed by atoms with Crippen LogP contribution < -0.4 is 10.6 Å². The second-order valence-electron chi connectivity index (χ2n) is 5.63. The number of fused-ring (bicyclic) bond motifs is 1.